The Bertz CT molecular complexity index is 1060. The van der Waals surface area contributed by atoms with Crippen LogP contribution in [0.15, 0.2) is 48.5 Å². The molecule has 1 unspecified atom stereocenters. The van der Waals surface area contributed by atoms with E-state index in [1.54, 1.807) is 4.90 Å². The Morgan fingerprint density at radius 2 is 1.63 bits per heavy atom. The molecule has 2 aliphatic rings. The van der Waals surface area contributed by atoms with Crippen LogP contribution in [0.1, 0.15) is 63.5 Å². The number of fused-ring (bicyclic) bond motifs is 3. The first kappa shape index (κ1) is 24.8. The van der Waals surface area contributed by atoms with Crippen LogP contribution < -0.4 is 5.32 Å². The van der Waals surface area contributed by atoms with E-state index in [2.05, 4.69) is 29.6 Å². The molecule has 0 aromatic heterocycles. The van der Waals surface area contributed by atoms with Gasteiger partial charge in [-0.3, -0.25) is 9.59 Å². The summed E-state index contributed by atoms with van der Waals surface area (Å²) in [7, 11) is 0. The van der Waals surface area contributed by atoms with Crippen LogP contribution in [-0.2, 0) is 14.3 Å². The van der Waals surface area contributed by atoms with Crippen molar-refractivity contribution < 1.29 is 24.2 Å². The number of amides is 2. The van der Waals surface area contributed by atoms with E-state index in [-0.39, 0.29) is 30.9 Å². The maximum Gasteiger partial charge on any atom is 0.407 e. The standard InChI is InChI=1S/C28H34N2O5/c1-28(2,3)25(26(33)30-15-9-8-10-18(30)16-24(31)32)29-27(34)35-17-23-21-13-6-4-11-19(21)20-12-5-7-14-22(20)23/h4-7,11-14,18,23,25H,8-10,15-17H2,1-3H3,(H,29,34)(H,31,32)/t18-,25?/m0/s1. The van der Waals surface area contributed by atoms with Gasteiger partial charge in [-0.2, -0.15) is 0 Å². The molecule has 35 heavy (non-hydrogen) atoms. The summed E-state index contributed by atoms with van der Waals surface area (Å²) < 4.78 is 5.68. The van der Waals surface area contributed by atoms with Crippen LogP contribution in [0.4, 0.5) is 4.79 Å². The van der Waals surface area contributed by atoms with Gasteiger partial charge in [0.15, 0.2) is 0 Å². The Kier molecular flexibility index (Phi) is 7.15. The van der Waals surface area contributed by atoms with Crippen molar-refractivity contribution >= 4 is 18.0 Å². The van der Waals surface area contributed by atoms with Gasteiger partial charge in [0.05, 0.1) is 6.42 Å². The summed E-state index contributed by atoms with van der Waals surface area (Å²) in [5.74, 6) is -1.25. The summed E-state index contributed by atoms with van der Waals surface area (Å²) in [6.45, 7) is 6.31. The first-order valence-electron chi connectivity index (χ1n) is 12.3. The lowest BCUT2D eigenvalue weighted by molar-refractivity contribution is -0.144. The molecule has 7 nitrogen and oxygen atoms in total. The smallest absolute Gasteiger partial charge is 0.407 e. The average Bonchev–Trinajstić information content (AvgIpc) is 3.14. The number of carbonyl (C=O) groups excluding carboxylic acids is 2. The number of aliphatic carboxylic acids is 1. The topological polar surface area (TPSA) is 95.9 Å². The lowest BCUT2D eigenvalue weighted by Crippen LogP contribution is -2.58. The van der Waals surface area contributed by atoms with Gasteiger partial charge < -0.3 is 20.1 Å². The number of carbonyl (C=O) groups is 3. The molecule has 0 radical (unpaired) electrons. The van der Waals surface area contributed by atoms with E-state index in [1.807, 2.05) is 45.0 Å². The molecule has 2 atom stereocenters. The molecule has 4 rings (SSSR count). The molecule has 0 bridgehead atoms. The van der Waals surface area contributed by atoms with Crippen molar-refractivity contribution in [3.8, 4) is 11.1 Å². The third-order valence-corrected chi connectivity index (χ3v) is 7.04. The van der Waals surface area contributed by atoms with E-state index in [4.69, 9.17) is 4.74 Å². The SMILES string of the molecule is CC(C)(C)C(NC(=O)OCC1c2ccccc2-c2ccccc21)C(=O)N1CCCC[C@H]1CC(=O)O. The average molecular weight is 479 g/mol. The monoisotopic (exact) mass is 478 g/mol. The lowest BCUT2D eigenvalue weighted by Gasteiger charge is -2.40. The number of benzene rings is 2. The quantitative estimate of drug-likeness (QED) is 0.622. The second kappa shape index (κ2) is 10.1. The van der Waals surface area contributed by atoms with Crippen molar-refractivity contribution in [1.82, 2.24) is 10.2 Å². The van der Waals surface area contributed by atoms with E-state index in [0.29, 0.717) is 13.0 Å². The van der Waals surface area contributed by atoms with Crippen molar-refractivity contribution in [2.45, 2.75) is 64.5 Å². The van der Waals surface area contributed by atoms with E-state index >= 15 is 0 Å². The van der Waals surface area contributed by atoms with Crippen LogP contribution in [0, 0.1) is 5.41 Å². The molecule has 1 aliphatic heterocycles. The van der Waals surface area contributed by atoms with Crippen molar-refractivity contribution in [3.05, 3.63) is 59.7 Å². The maximum absolute atomic E-state index is 13.5. The minimum Gasteiger partial charge on any atom is -0.481 e. The number of carboxylic acids is 1. The number of rotatable bonds is 6. The summed E-state index contributed by atoms with van der Waals surface area (Å²) in [6.07, 6.45) is 1.63. The van der Waals surface area contributed by atoms with Crippen molar-refractivity contribution in [3.63, 3.8) is 0 Å². The number of hydrogen-bond donors (Lipinski definition) is 2. The number of nitrogens with zero attached hydrogens (tertiary/aromatic N) is 1. The number of likely N-dealkylation sites (tertiary alicyclic amines) is 1. The third kappa shape index (κ3) is 5.34. The highest BCUT2D eigenvalue weighted by Crippen LogP contribution is 2.44. The minimum absolute atomic E-state index is 0.0704. The molecule has 2 N–H and O–H groups in total. The van der Waals surface area contributed by atoms with Gasteiger partial charge in [-0.15, -0.1) is 0 Å². The number of carboxylic acid groups (broad SMARTS) is 1. The van der Waals surface area contributed by atoms with E-state index < -0.39 is 23.5 Å². The molecule has 7 heteroatoms. The first-order chi connectivity index (χ1) is 16.7. The molecule has 1 fully saturated rings. The van der Waals surface area contributed by atoms with Gasteiger partial charge in [0.2, 0.25) is 5.91 Å². The molecule has 0 spiro atoms. The Morgan fingerprint density at radius 3 is 2.20 bits per heavy atom. The van der Waals surface area contributed by atoms with E-state index in [1.165, 1.54) is 0 Å². The number of alkyl carbamates (subject to hydrolysis) is 1. The molecule has 1 heterocycles. The van der Waals surface area contributed by atoms with Gasteiger partial charge >= 0.3 is 12.1 Å². The molecule has 2 aromatic rings. The third-order valence-electron chi connectivity index (χ3n) is 7.04. The normalized spacial score (nSPS) is 18.4. The zero-order chi connectivity index (χ0) is 25.2. The highest BCUT2D eigenvalue weighted by molar-refractivity contribution is 5.87. The molecule has 2 aromatic carbocycles. The van der Waals surface area contributed by atoms with Gasteiger partial charge in [0, 0.05) is 18.5 Å². The molecule has 2 amide bonds. The Hall–Kier alpha value is -3.35. The predicted octanol–water partition coefficient (Wildman–Crippen LogP) is 4.80. The van der Waals surface area contributed by atoms with Crippen LogP contribution in [0.3, 0.4) is 0 Å². The fourth-order valence-electron chi connectivity index (χ4n) is 5.28. The highest BCUT2D eigenvalue weighted by Gasteiger charge is 2.40. The Labute approximate surface area is 206 Å². The summed E-state index contributed by atoms with van der Waals surface area (Å²) in [5.41, 5.74) is 3.96. The van der Waals surface area contributed by atoms with Crippen LogP contribution in [0.5, 0.6) is 0 Å². The summed E-state index contributed by atoms with van der Waals surface area (Å²) >= 11 is 0. The lowest BCUT2D eigenvalue weighted by atomic mass is 9.84. The molecular formula is C28H34N2O5. The second-order valence-electron chi connectivity index (χ2n) is 10.5. The maximum atomic E-state index is 13.5. The molecule has 0 saturated carbocycles. The Morgan fingerprint density at radius 1 is 1.03 bits per heavy atom. The second-order valence-corrected chi connectivity index (χ2v) is 10.5. The zero-order valence-corrected chi connectivity index (χ0v) is 20.6. The molecular weight excluding hydrogens is 444 g/mol. The summed E-state index contributed by atoms with van der Waals surface area (Å²) in [6, 6.07) is 15.1. The van der Waals surface area contributed by atoms with Gasteiger partial charge in [-0.1, -0.05) is 69.3 Å². The van der Waals surface area contributed by atoms with Gasteiger partial charge in [-0.25, -0.2) is 4.79 Å². The van der Waals surface area contributed by atoms with Crippen molar-refractivity contribution in [2.24, 2.45) is 5.41 Å². The van der Waals surface area contributed by atoms with Gasteiger partial charge in [0.25, 0.3) is 0 Å². The van der Waals surface area contributed by atoms with Crippen LogP contribution in [0.2, 0.25) is 0 Å². The predicted molar refractivity (Wildman–Crippen MR) is 133 cm³/mol. The van der Waals surface area contributed by atoms with Crippen molar-refractivity contribution in [1.29, 1.82) is 0 Å². The fourth-order valence-corrected chi connectivity index (χ4v) is 5.28. The van der Waals surface area contributed by atoms with Crippen LogP contribution in [0.25, 0.3) is 11.1 Å². The number of piperidine rings is 1. The minimum atomic E-state index is -0.925. The Balaban J connectivity index is 1.46. The summed E-state index contributed by atoms with van der Waals surface area (Å²) in [4.78, 5) is 39.4. The van der Waals surface area contributed by atoms with Gasteiger partial charge in [0.1, 0.15) is 12.6 Å². The first-order valence-corrected chi connectivity index (χ1v) is 12.3. The van der Waals surface area contributed by atoms with Gasteiger partial charge in [-0.05, 0) is 46.9 Å². The number of ether oxygens (including phenoxy) is 1. The largest absolute Gasteiger partial charge is 0.481 e. The zero-order valence-electron chi connectivity index (χ0n) is 20.6. The van der Waals surface area contributed by atoms with Crippen LogP contribution >= 0.6 is 0 Å². The number of nitrogens with one attached hydrogen (secondary N) is 1. The number of hydrogen-bond acceptors (Lipinski definition) is 4. The molecule has 1 saturated heterocycles. The molecule has 186 valence electrons. The highest BCUT2D eigenvalue weighted by atomic mass is 16.5. The van der Waals surface area contributed by atoms with E-state index in [9.17, 15) is 19.5 Å². The summed E-state index contributed by atoms with van der Waals surface area (Å²) in [5, 5.41) is 12.1. The van der Waals surface area contributed by atoms with E-state index in [0.717, 1.165) is 35.1 Å². The fraction of sp³-hybridized carbons (Fsp3) is 0.464. The van der Waals surface area contributed by atoms with Crippen LogP contribution in [-0.4, -0.2) is 53.2 Å². The molecule has 1 aliphatic carbocycles. The van der Waals surface area contributed by atoms with Crippen molar-refractivity contribution in [2.75, 3.05) is 13.2 Å².